The molecule has 6 aromatic carbocycles. The van der Waals surface area contributed by atoms with Crippen LogP contribution in [0.4, 0.5) is 0 Å². The van der Waals surface area contributed by atoms with Gasteiger partial charge in [0.2, 0.25) is 0 Å². The van der Waals surface area contributed by atoms with Crippen LogP contribution >= 0.6 is 0 Å². The second-order valence-electron chi connectivity index (χ2n) is 12.6. The number of carboxylic acid groups (broad SMARTS) is 1. The van der Waals surface area contributed by atoms with Gasteiger partial charge in [-0.25, -0.2) is 4.79 Å². The van der Waals surface area contributed by atoms with E-state index in [1.807, 2.05) is 115 Å². The minimum absolute atomic E-state index is 0.0490. The molecule has 0 spiro atoms. The van der Waals surface area contributed by atoms with E-state index in [-0.39, 0.29) is 11.3 Å². The Bertz CT molecular complexity index is 1950. The lowest BCUT2D eigenvalue weighted by Gasteiger charge is -2.43. The summed E-state index contributed by atoms with van der Waals surface area (Å²) in [4.78, 5) is 13.4. The summed E-state index contributed by atoms with van der Waals surface area (Å²) in [5, 5.41) is 24.8. The third kappa shape index (κ3) is 6.05. The number of aromatic carboxylic acids is 1. The molecule has 0 aliphatic carbocycles. The van der Waals surface area contributed by atoms with Crippen LogP contribution in [0.2, 0.25) is 5.04 Å². The highest BCUT2D eigenvalue weighted by atomic mass is 28.4. The fourth-order valence-electron chi connectivity index (χ4n) is 6.55. The highest BCUT2D eigenvalue weighted by Gasteiger charge is 2.53. The van der Waals surface area contributed by atoms with Crippen LogP contribution < -0.4 is 19.5 Å². The maximum atomic E-state index is 13.4. The molecule has 0 bridgehead atoms. The summed E-state index contributed by atoms with van der Waals surface area (Å²) in [5.74, 6) is -0.354. The molecule has 0 atom stereocenters. The zero-order valence-electron chi connectivity index (χ0n) is 26.8. The van der Waals surface area contributed by atoms with Crippen molar-refractivity contribution < 1.29 is 24.2 Å². The molecule has 0 unspecified atom stereocenters. The number of benzene rings is 6. The lowest BCUT2D eigenvalue weighted by molar-refractivity contribution is 0.0691. The predicted molar refractivity (Wildman–Crippen MR) is 191 cm³/mol. The third-order valence-electron chi connectivity index (χ3n) is 8.69. The highest BCUT2D eigenvalue weighted by Crippen LogP contribution is 2.46. The van der Waals surface area contributed by atoms with Crippen molar-refractivity contribution in [2.24, 2.45) is 0 Å². The topological polar surface area (TPSA) is 76.0 Å². The average molecular weight is 639 g/mol. The van der Waals surface area contributed by atoms with Crippen LogP contribution in [0.5, 0.6) is 11.5 Å². The molecular weight excluding hydrogens is 601 g/mol. The summed E-state index contributed by atoms with van der Waals surface area (Å²) in [6, 6.07) is 45.5. The number of carboxylic acids is 1. The van der Waals surface area contributed by atoms with Crippen LogP contribution in [0.3, 0.4) is 0 Å². The number of carbonyl (C=O) groups is 1. The van der Waals surface area contributed by atoms with Gasteiger partial charge in [-0.1, -0.05) is 142 Å². The number of aliphatic hydroxyl groups excluding tert-OH is 1. The Morgan fingerprint density at radius 1 is 0.702 bits per heavy atom. The molecule has 5 nitrogen and oxygen atoms in total. The van der Waals surface area contributed by atoms with E-state index < -0.39 is 25.9 Å². The molecule has 47 heavy (non-hydrogen) atoms. The molecule has 0 saturated carbocycles. The molecule has 0 amide bonds. The van der Waals surface area contributed by atoms with Gasteiger partial charge in [0.25, 0.3) is 0 Å². The smallest absolute Gasteiger partial charge is 0.339 e. The molecule has 0 aliphatic rings. The molecule has 0 aromatic heterocycles. The van der Waals surface area contributed by atoms with E-state index in [0.717, 1.165) is 26.9 Å². The first-order chi connectivity index (χ1) is 22.7. The molecule has 0 saturated heterocycles. The van der Waals surface area contributed by atoms with Gasteiger partial charge in [0.15, 0.2) is 0 Å². The molecule has 0 aliphatic heterocycles. The molecule has 6 aromatic rings. The van der Waals surface area contributed by atoms with Gasteiger partial charge in [-0.15, -0.1) is 0 Å². The standard InChI is InChI=1S/C41H38O5Si/c1-41(2,3)47(32-20-12-6-13-21-32,33-22-14-7-15-23-33)46-39-35-26-31(45-28-29-16-8-4-9-17-29)24-25-34(35)37(30-18-10-5-11-19-30)36(27-42)38(39)40(43)44/h4-26,42H,27-28H2,1-3H3,(H,43,44). The monoisotopic (exact) mass is 638 g/mol. The van der Waals surface area contributed by atoms with Gasteiger partial charge in [-0.05, 0) is 55.7 Å². The van der Waals surface area contributed by atoms with E-state index in [1.165, 1.54) is 0 Å². The van der Waals surface area contributed by atoms with Crippen molar-refractivity contribution in [1.29, 1.82) is 0 Å². The van der Waals surface area contributed by atoms with Gasteiger partial charge in [0.05, 0.1) is 6.61 Å². The maximum absolute atomic E-state index is 13.4. The van der Waals surface area contributed by atoms with E-state index in [0.29, 0.717) is 28.9 Å². The van der Waals surface area contributed by atoms with Crippen molar-refractivity contribution in [3.8, 4) is 22.6 Å². The summed E-state index contributed by atoms with van der Waals surface area (Å²) in [6.45, 7) is 6.33. The van der Waals surface area contributed by atoms with Crippen molar-refractivity contribution in [2.75, 3.05) is 0 Å². The fourth-order valence-corrected chi connectivity index (χ4v) is 11.0. The predicted octanol–water partition coefficient (Wildman–Crippen LogP) is 8.22. The quantitative estimate of drug-likeness (QED) is 0.148. The first kappa shape index (κ1) is 31.8. The van der Waals surface area contributed by atoms with Crippen molar-refractivity contribution >= 4 is 35.4 Å². The molecule has 6 rings (SSSR count). The van der Waals surface area contributed by atoms with E-state index in [4.69, 9.17) is 9.16 Å². The summed E-state index contributed by atoms with van der Waals surface area (Å²) in [7, 11) is -3.29. The van der Waals surface area contributed by atoms with Gasteiger partial charge in [-0.3, -0.25) is 0 Å². The molecule has 0 radical (unpaired) electrons. The Labute approximate surface area is 276 Å². The summed E-state index contributed by atoms with van der Waals surface area (Å²) >= 11 is 0. The van der Waals surface area contributed by atoms with Gasteiger partial charge >= 0.3 is 14.3 Å². The third-order valence-corrected chi connectivity index (χ3v) is 13.6. The fraction of sp³-hybridized carbons (Fsp3) is 0.146. The van der Waals surface area contributed by atoms with Crippen LogP contribution in [0.25, 0.3) is 21.9 Å². The lowest BCUT2D eigenvalue weighted by Crippen LogP contribution is -2.69. The Morgan fingerprint density at radius 2 is 1.23 bits per heavy atom. The Morgan fingerprint density at radius 3 is 1.74 bits per heavy atom. The van der Waals surface area contributed by atoms with E-state index in [9.17, 15) is 15.0 Å². The number of hydrogen-bond donors (Lipinski definition) is 2. The molecule has 236 valence electrons. The largest absolute Gasteiger partial charge is 0.533 e. The maximum Gasteiger partial charge on any atom is 0.339 e. The van der Waals surface area contributed by atoms with Gasteiger partial charge in [-0.2, -0.15) is 0 Å². The van der Waals surface area contributed by atoms with Crippen molar-refractivity contribution in [2.45, 2.75) is 39.0 Å². The second-order valence-corrected chi connectivity index (χ2v) is 16.9. The lowest BCUT2D eigenvalue weighted by atomic mass is 9.89. The van der Waals surface area contributed by atoms with Crippen molar-refractivity contribution in [1.82, 2.24) is 0 Å². The van der Waals surface area contributed by atoms with E-state index >= 15 is 0 Å². The zero-order valence-corrected chi connectivity index (χ0v) is 27.8. The first-order valence-electron chi connectivity index (χ1n) is 15.7. The molecule has 2 N–H and O–H groups in total. The minimum atomic E-state index is -3.29. The summed E-state index contributed by atoms with van der Waals surface area (Å²) in [6.07, 6.45) is 0. The number of ether oxygens (including phenoxy) is 1. The molecule has 0 fully saturated rings. The van der Waals surface area contributed by atoms with E-state index in [1.54, 1.807) is 0 Å². The minimum Gasteiger partial charge on any atom is -0.533 e. The summed E-state index contributed by atoms with van der Waals surface area (Å²) < 4.78 is 13.8. The normalized spacial score (nSPS) is 11.7. The number of hydrogen-bond acceptors (Lipinski definition) is 4. The Hall–Kier alpha value is -5.17. The summed E-state index contributed by atoms with van der Waals surface area (Å²) in [5.41, 5.74) is 2.74. The van der Waals surface area contributed by atoms with Crippen LogP contribution in [0, 0.1) is 0 Å². The Kier molecular flexibility index (Phi) is 8.98. The Balaban J connectivity index is 1.69. The average Bonchev–Trinajstić information content (AvgIpc) is 3.10. The first-order valence-corrected chi connectivity index (χ1v) is 17.6. The van der Waals surface area contributed by atoms with Crippen LogP contribution in [0.1, 0.15) is 42.3 Å². The van der Waals surface area contributed by atoms with Crippen LogP contribution in [-0.4, -0.2) is 24.5 Å². The number of aliphatic hydroxyl groups is 1. The zero-order chi connectivity index (χ0) is 33.0. The van der Waals surface area contributed by atoms with Crippen molar-refractivity contribution in [3.63, 3.8) is 0 Å². The second kappa shape index (κ2) is 13.3. The van der Waals surface area contributed by atoms with E-state index in [2.05, 4.69) is 45.0 Å². The van der Waals surface area contributed by atoms with Crippen LogP contribution in [0.15, 0.2) is 140 Å². The van der Waals surface area contributed by atoms with Crippen LogP contribution in [-0.2, 0) is 13.2 Å². The van der Waals surface area contributed by atoms with Gasteiger partial charge in [0, 0.05) is 10.9 Å². The van der Waals surface area contributed by atoms with Gasteiger partial charge in [0.1, 0.15) is 23.7 Å². The SMILES string of the molecule is CC(C)(C)[Si](Oc1c(C(=O)O)c(CO)c(-c2ccccc2)c2ccc(OCc3ccccc3)cc12)(c1ccccc1)c1ccccc1. The molecule has 0 heterocycles. The molecule has 6 heteroatoms. The number of fused-ring (bicyclic) bond motifs is 1. The number of rotatable bonds is 10. The van der Waals surface area contributed by atoms with Gasteiger partial charge < -0.3 is 19.4 Å². The van der Waals surface area contributed by atoms with Crippen molar-refractivity contribution in [3.05, 3.63) is 156 Å². The molecular formula is C41H38O5Si. The highest BCUT2D eigenvalue weighted by molar-refractivity contribution is 7.00.